The number of rotatable bonds is 3. The molecule has 0 bridgehead atoms. The van der Waals surface area contributed by atoms with Crippen molar-refractivity contribution in [1.29, 1.82) is 0 Å². The Labute approximate surface area is 160 Å². The summed E-state index contributed by atoms with van der Waals surface area (Å²) in [7, 11) is 0. The topological polar surface area (TPSA) is 77.1 Å². The Morgan fingerprint density at radius 3 is 2.74 bits per heavy atom. The zero-order valence-electron chi connectivity index (χ0n) is 16.2. The number of carbonyl (C=O) groups is 2. The van der Waals surface area contributed by atoms with E-state index in [-0.39, 0.29) is 24.0 Å². The van der Waals surface area contributed by atoms with Crippen molar-refractivity contribution in [2.75, 3.05) is 26.2 Å². The third kappa shape index (κ3) is 5.28. The summed E-state index contributed by atoms with van der Waals surface area (Å²) in [5, 5.41) is 2.94. The third-order valence-electron chi connectivity index (χ3n) is 4.52. The highest BCUT2D eigenvalue weighted by atomic mass is 16.6. The lowest BCUT2D eigenvalue weighted by Gasteiger charge is -2.34. The van der Waals surface area contributed by atoms with Crippen molar-refractivity contribution < 1.29 is 23.8 Å². The molecule has 7 nitrogen and oxygen atoms in total. The molecule has 1 aromatic rings. The van der Waals surface area contributed by atoms with E-state index < -0.39 is 5.60 Å². The molecular weight excluding hydrogens is 348 g/mol. The van der Waals surface area contributed by atoms with Gasteiger partial charge in [-0.1, -0.05) is 12.1 Å². The zero-order valence-corrected chi connectivity index (χ0v) is 16.2. The largest absolute Gasteiger partial charge is 0.486 e. The van der Waals surface area contributed by atoms with Gasteiger partial charge in [0.05, 0.1) is 12.5 Å². The van der Waals surface area contributed by atoms with Gasteiger partial charge in [0, 0.05) is 13.1 Å². The molecule has 2 aliphatic rings. The molecule has 27 heavy (non-hydrogen) atoms. The first-order chi connectivity index (χ1) is 12.8. The standard InChI is InChI=1S/C20H28N2O5/c1-20(2,3)27-19(24)22-10-6-7-14(12-22)18(23)21-11-15-13-25-16-8-4-5-9-17(16)26-15/h4-5,8-9,14-15H,6-7,10-13H2,1-3H3,(H,21,23)/t14-,15-/m1/s1. The lowest BCUT2D eigenvalue weighted by atomic mass is 9.97. The van der Waals surface area contributed by atoms with Crippen molar-refractivity contribution in [3.63, 3.8) is 0 Å². The number of para-hydroxylation sites is 2. The molecule has 1 N–H and O–H groups in total. The van der Waals surface area contributed by atoms with Gasteiger partial charge in [-0.3, -0.25) is 4.79 Å². The first-order valence-electron chi connectivity index (χ1n) is 9.46. The Hall–Kier alpha value is -2.44. The molecule has 0 radical (unpaired) electrons. The van der Waals surface area contributed by atoms with Crippen LogP contribution in [0.3, 0.4) is 0 Å². The van der Waals surface area contributed by atoms with E-state index in [1.165, 1.54) is 0 Å². The van der Waals surface area contributed by atoms with Crippen molar-refractivity contribution in [2.24, 2.45) is 5.92 Å². The van der Waals surface area contributed by atoms with Gasteiger partial charge >= 0.3 is 6.09 Å². The number of hydrogen-bond donors (Lipinski definition) is 1. The molecule has 0 aliphatic carbocycles. The lowest BCUT2D eigenvalue weighted by Crippen LogP contribution is -2.49. The van der Waals surface area contributed by atoms with Gasteiger partial charge < -0.3 is 24.4 Å². The smallest absolute Gasteiger partial charge is 0.410 e. The number of hydrogen-bond acceptors (Lipinski definition) is 5. The maximum atomic E-state index is 12.6. The first-order valence-corrected chi connectivity index (χ1v) is 9.46. The van der Waals surface area contributed by atoms with Crippen LogP contribution in [-0.2, 0) is 9.53 Å². The number of amides is 2. The molecule has 2 amide bonds. The number of nitrogens with one attached hydrogen (secondary N) is 1. The van der Waals surface area contributed by atoms with Gasteiger partial charge in [0.1, 0.15) is 18.3 Å². The summed E-state index contributed by atoms with van der Waals surface area (Å²) in [6.45, 7) is 7.28. The number of nitrogens with zero attached hydrogens (tertiary/aromatic N) is 1. The second kappa shape index (κ2) is 8.06. The molecule has 148 valence electrons. The van der Waals surface area contributed by atoms with E-state index in [1.807, 2.05) is 45.0 Å². The summed E-state index contributed by atoms with van der Waals surface area (Å²) in [5.41, 5.74) is -0.541. The molecule has 1 fully saturated rings. The molecule has 0 spiro atoms. The van der Waals surface area contributed by atoms with Gasteiger partial charge in [0.15, 0.2) is 11.5 Å². The Morgan fingerprint density at radius 2 is 2.00 bits per heavy atom. The summed E-state index contributed by atoms with van der Waals surface area (Å²) < 4.78 is 16.9. The zero-order chi connectivity index (χ0) is 19.4. The number of fused-ring (bicyclic) bond motifs is 1. The predicted molar refractivity (Wildman–Crippen MR) is 99.9 cm³/mol. The highest BCUT2D eigenvalue weighted by Crippen LogP contribution is 2.30. The van der Waals surface area contributed by atoms with Crippen LogP contribution in [0.4, 0.5) is 4.79 Å². The Kier molecular flexibility index (Phi) is 5.77. The van der Waals surface area contributed by atoms with Crippen LogP contribution in [0.2, 0.25) is 0 Å². The molecule has 1 saturated heterocycles. The van der Waals surface area contributed by atoms with Gasteiger partial charge in [-0.25, -0.2) is 4.79 Å². The maximum Gasteiger partial charge on any atom is 0.410 e. The number of likely N-dealkylation sites (tertiary alicyclic amines) is 1. The fourth-order valence-corrected chi connectivity index (χ4v) is 3.21. The second-order valence-electron chi connectivity index (χ2n) is 8.01. The average molecular weight is 376 g/mol. The van der Waals surface area contributed by atoms with E-state index in [1.54, 1.807) is 4.90 Å². The molecule has 3 rings (SSSR count). The monoisotopic (exact) mass is 376 g/mol. The van der Waals surface area contributed by atoms with Crippen molar-refractivity contribution in [3.05, 3.63) is 24.3 Å². The van der Waals surface area contributed by atoms with Crippen LogP contribution in [0, 0.1) is 5.92 Å². The Balaban J connectivity index is 1.47. The van der Waals surface area contributed by atoms with Crippen molar-refractivity contribution >= 4 is 12.0 Å². The summed E-state index contributed by atoms with van der Waals surface area (Å²) in [6.07, 6.45) is 0.957. The molecule has 0 saturated carbocycles. The SMILES string of the molecule is CC(C)(C)OC(=O)N1CCC[C@@H](C(=O)NC[C@@H]2COc3ccccc3O2)C1. The molecule has 2 heterocycles. The van der Waals surface area contributed by atoms with Crippen LogP contribution in [0.1, 0.15) is 33.6 Å². The molecule has 7 heteroatoms. The Bertz CT molecular complexity index is 685. The van der Waals surface area contributed by atoms with Gasteiger partial charge in [0.25, 0.3) is 0 Å². The van der Waals surface area contributed by atoms with Crippen LogP contribution in [0.5, 0.6) is 11.5 Å². The van der Waals surface area contributed by atoms with Crippen molar-refractivity contribution in [2.45, 2.75) is 45.3 Å². The van der Waals surface area contributed by atoms with Crippen molar-refractivity contribution in [3.8, 4) is 11.5 Å². The minimum Gasteiger partial charge on any atom is -0.486 e. The molecule has 2 atom stereocenters. The van der Waals surface area contributed by atoms with Gasteiger partial charge in [-0.05, 0) is 45.7 Å². The summed E-state index contributed by atoms with van der Waals surface area (Å²) in [5.74, 6) is 1.12. The first kappa shape index (κ1) is 19.3. The Morgan fingerprint density at radius 1 is 1.26 bits per heavy atom. The molecular formula is C20H28N2O5. The fraction of sp³-hybridized carbons (Fsp3) is 0.600. The van der Waals surface area contributed by atoms with E-state index in [4.69, 9.17) is 14.2 Å². The van der Waals surface area contributed by atoms with Crippen LogP contribution < -0.4 is 14.8 Å². The third-order valence-corrected chi connectivity index (χ3v) is 4.52. The van der Waals surface area contributed by atoms with E-state index in [9.17, 15) is 9.59 Å². The van der Waals surface area contributed by atoms with Crippen molar-refractivity contribution in [1.82, 2.24) is 10.2 Å². The molecule has 0 aromatic heterocycles. The van der Waals surface area contributed by atoms with Crippen LogP contribution in [-0.4, -0.2) is 54.8 Å². The van der Waals surface area contributed by atoms with E-state index in [0.29, 0.717) is 32.0 Å². The maximum absolute atomic E-state index is 12.6. The summed E-state index contributed by atoms with van der Waals surface area (Å²) in [6, 6.07) is 7.49. The van der Waals surface area contributed by atoms with E-state index in [0.717, 1.165) is 18.6 Å². The fourth-order valence-electron chi connectivity index (χ4n) is 3.21. The van der Waals surface area contributed by atoms with Crippen LogP contribution in [0.25, 0.3) is 0 Å². The van der Waals surface area contributed by atoms with Gasteiger partial charge in [-0.2, -0.15) is 0 Å². The number of carbonyl (C=O) groups excluding carboxylic acids is 2. The highest BCUT2D eigenvalue weighted by Gasteiger charge is 2.31. The second-order valence-corrected chi connectivity index (χ2v) is 8.01. The average Bonchev–Trinajstić information content (AvgIpc) is 2.64. The van der Waals surface area contributed by atoms with Crippen LogP contribution >= 0.6 is 0 Å². The summed E-state index contributed by atoms with van der Waals surface area (Å²) >= 11 is 0. The number of ether oxygens (including phenoxy) is 3. The lowest BCUT2D eigenvalue weighted by molar-refractivity contribution is -0.127. The van der Waals surface area contributed by atoms with Crippen LogP contribution in [0.15, 0.2) is 24.3 Å². The highest BCUT2D eigenvalue weighted by molar-refractivity contribution is 5.80. The quantitative estimate of drug-likeness (QED) is 0.877. The van der Waals surface area contributed by atoms with Gasteiger partial charge in [-0.15, -0.1) is 0 Å². The molecule has 2 aliphatic heterocycles. The minimum absolute atomic E-state index is 0.0642. The van der Waals surface area contributed by atoms with E-state index >= 15 is 0 Å². The predicted octanol–water partition coefficient (Wildman–Crippen LogP) is 2.59. The number of benzene rings is 1. The minimum atomic E-state index is -0.541. The van der Waals surface area contributed by atoms with Gasteiger partial charge in [0.2, 0.25) is 5.91 Å². The normalized spacial score (nSPS) is 22.1. The molecule has 1 aromatic carbocycles. The number of piperidine rings is 1. The molecule has 0 unspecified atom stereocenters. The summed E-state index contributed by atoms with van der Waals surface area (Å²) in [4.78, 5) is 26.4. The van der Waals surface area contributed by atoms with E-state index in [2.05, 4.69) is 5.32 Å².